The van der Waals surface area contributed by atoms with E-state index in [9.17, 15) is 0 Å². The minimum Gasteiger partial charge on any atom is -0.439 e. The van der Waals surface area contributed by atoms with Crippen LogP contribution in [0.4, 0.5) is 5.69 Å². The summed E-state index contributed by atoms with van der Waals surface area (Å²) < 4.78 is 14.6. The van der Waals surface area contributed by atoms with Crippen LogP contribution in [0.3, 0.4) is 0 Å². The van der Waals surface area contributed by atoms with Gasteiger partial charge in [0.25, 0.3) is 5.52 Å². The number of nitrogens with zero attached hydrogens (tertiary/aromatic N) is 2. The summed E-state index contributed by atoms with van der Waals surface area (Å²) in [5, 5.41) is 4.80. The van der Waals surface area contributed by atoms with Crippen molar-refractivity contribution in [2.75, 3.05) is 11.4 Å². The van der Waals surface area contributed by atoms with Crippen molar-refractivity contribution in [2.24, 2.45) is 0 Å². The Hall–Kier alpha value is -4.05. The van der Waals surface area contributed by atoms with E-state index in [1.54, 1.807) is 0 Å². The maximum atomic E-state index is 6.22. The molecule has 0 saturated carbocycles. The number of hydrogen-bond acceptors (Lipinski definition) is 3. The highest BCUT2D eigenvalue weighted by atomic mass is 16.5. The summed E-state index contributed by atoms with van der Waals surface area (Å²) in [7, 11) is 0. The number of benzene rings is 4. The number of aromatic nitrogens is 1. The van der Waals surface area contributed by atoms with Crippen LogP contribution in [-0.4, -0.2) is 6.54 Å². The smallest absolute Gasteiger partial charge is 0.374 e. The summed E-state index contributed by atoms with van der Waals surface area (Å²) in [6, 6.07) is 25.4. The molecular formula is C29H25N2O2+. The van der Waals surface area contributed by atoms with E-state index >= 15 is 0 Å². The molecule has 0 radical (unpaired) electrons. The van der Waals surface area contributed by atoms with Gasteiger partial charge in [0.05, 0.1) is 11.8 Å². The molecule has 1 aromatic heterocycles. The zero-order valence-corrected chi connectivity index (χ0v) is 18.8. The summed E-state index contributed by atoms with van der Waals surface area (Å²) in [5.41, 5.74) is 3.11. The van der Waals surface area contributed by atoms with Crippen LogP contribution in [0.2, 0.25) is 0 Å². The van der Waals surface area contributed by atoms with Crippen molar-refractivity contribution in [3.8, 4) is 5.75 Å². The van der Waals surface area contributed by atoms with Crippen LogP contribution in [0.15, 0.2) is 95.2 Å². The minimum absolute atomic E-state index is 0.823. The highest BCUT2D eigenvalue weighted by Gasteiger charge is 2.25. The highest BCUT2D eigenvalue weighted by Crippen LogP contribution is 2.41. The molecule has 162 valence electrons. The van der Waals surface area contributed by atoms with Crippen molar-refractivity contribution in [1.82, 2.24) is 0 Å². The van der Waals surface area contributed by atoms with Gasteiger partial charge >= 0.3 is 5.89 Å². The van der Waals surface area contributed by atoms with Crippen molar-refractivity contribution in [1.29, 1.82) is 0 Å². The maximum Gasteiger partial charge on any atom is 0.374 e. The standard InChI is InChI=1S/C29H25N2O2/c1-3-30-24-16-20-10-5-7-12-22(20)18-26(24)32-28(30)14-9-15-29-31(4-2)25-17-21-11-6-8-13-23(21)19-27(25)33-29/h5-19H,3-4H2,1-2H3/q+1. The van der Waals surface area contributed by atoms with E-state index in [0.717, 1.165) is 47.4 Å². The first kappa shape index (κ1) is 19.6. The van der Waals surface area contributed by atoms with Gasteiger partial charge in [0.1, 0.15) is 6.54 Å². The van der Waals surface area contributed by atoms with Gasteiger partial charge in [0.15, 0.2) is 5.75 Å². The van der Waals surface area contributed by atoms with E-state index in [4.69, 9.17) is 9.15 Å². The molecule has 4 nitrogen and oxygen atoms in total. The van der Waals surface area contributed by atoms with Crippen LogP contribution in [0, 0.1) is 0 Å². The SMILES string of the molecule is CCN1C(=CC=Cc2oc3cc4ccccc4cc3[n+]2CC)Oc2cc3ccccc3cc21. The lowest BCUT2D eigenvalue weighted by molar-refractivity contribution is -0.674. The number of allylic oxidation sites excluding steroid dienone is 2. The van der Waals surface area contributed by atoms with Crippen LogP contribution in [0.25, 0.3) is 38.7 Å². The molecule has 1 aliphatic rings. The molecule has 4 aromatic carbocycles. The fraction of sp³-hybridized carbons (Fsp3) is 0.138. The van der Waals surface area contributed by atoms with Crippen molar-refractivity contribution >= 4 is 44.4 Å². The average Bonchev–Trinajstić information content (AvgIpc) is 3.36. The molecule has 0 unspecified atom stereocenters. The number of fused-ring (bicyclic) bond motifs is 4. The van der Waals surface area contributed by atoms with Crippen LogP contribution in [-0.2, 0) is 6.54 Å². The molecule has 4 heteroatoms. The van der Waals surface area contributed by atoms with Crippen molar-refractivity contribution in [3.05, 3.63) is 96.7 Å². The van der Waals surface area contributed by atoms with E-state index in [-0.39, 0.29) is 0 Å². The van der Waals surface area contributed by atoms with E-state index in [0.29, 0.717) is 0 Å². The highest BCUT2D eigenvalue weighted by molar-refractivity contribution is 5.93. The second-order valence-corrected chi connectivity index (χ2v) is 8.23. The fourth-order valence-corrected chi connectivity index (χ4v) is 4.69. The Morgan fingerprint density at radius 1 is 0.848 bits per heavy atom. The van der Waals surface area contributed by atoms with E-state index < -0.39 is 0 Å². The second kappa shape index (κ2) is 7.82. The number of ether oxygens (including phenoxy) is 1. The predicted octanol–water partition coefficient (Wildman–Crippen LogP) is 6.82. The first-order valence-corrected chi connectivity index (χ1v) is 11.5. The normalized spacial score (nSPS) is 14.7. The molecule has 0 saturated heterocycles. The van der Waals surface area contributed by atoms with E-state index in [2.05, 4.69) is 96.1 Å². The van der Waals surface area contributed by atoms with E-state index in [1.807, 2.05) is 18.2 Å². The number of anilines is 1. The lowest BCUT2D eigenvalue weighted by Crippen LogP contribution is -2.33. The number of oxazole rings is 1. The van der Waals surface area contributed by atoms with Gasteiger partial charge in [0, 0.05) is 12.6 Å². The Labute approximate surface area is 192 Å². The second-order valence-electron chi connectivity index (χ2n) is 8.23. The third kappa shape index (κ3) is 3.26. The van der Waals surface area contributed by atoms with Gasteiger partial charge in [-0.2, -0.15) is 4.57 Å². The van der Waals surface area contributed by atoms with Gasteiger partial charge in [-0.25, -0.2) is 0 Å². The molecule has 0 atom stereocenters. The number of aryl methyl sites for hydroxylation is 1. The zero-order valence-electron chi connectivity index (χ0n) is 18.8. The Kier molecular flexibility index (Phi) is 4.65. The summed E-state index contributed by atoms with van der Waals surface area (Å²) in [6.45, 7) is 5.94. The van der Waals surface area contributed by atoms with Crippen LogP contribution < -0.4 is 14.2 Å². The quantitative estimate of drug-likeness (QED) is 0.291. The molecule has 0 amide bonds. The molecule has 0 spiro atoms. The lowest BCUT2D eigenvalue weighted by Gasteiger charge is -2.15. The Morgan fingerprint density at radius 2 is 1.52 bits per heavy atom. The number of rotatable bonds is 4. The fourth-order valence-electron chi connectivity index (χ4n) is 4.69. The Morgan fingerprint density at radius 3 is 2.21 bits per heavy atom. The zero-order chi connectivity index (χ0) is 22.4. The maximum absolute atomic E-state index is 6.22. The third-order valence-corrected chi connectivity index (χ3v) is 6.31. The molecule has 33 heavy (non-hydrogen) atoms. The molecule has 5 aromatic rings. The van der Waals surface area contributed by atoms with Gasteiger partial charge in [0.2, 0.25) is 11.5 Å². The van der Waals surface area contributed by atoms with Gasteiger partial charge in [-0.15, -0.1) is 0 Å². The van der Waals surface area contributed by atoms with Gasteiger partial charge in [-0.05, 0) is 65.7 Å². The molecular weight excluding hydrogens is 408 g/mol. The summed E-state index contributed by atoms with van der Waals surface area (Å²) in [4.78, 5) is 2.20. The van der Waals surface area contributed by atoms with Gasteiger partial charge in [-0.1, -0.05) is 48.5 Å². The van der Waals surface area contributed by atoms with Crippen molar-refractivity contribution in [3.63, 3.8) is 0 Å². The van der Waals surface area contributed by atoms with Gasteiger partial charge in [-0.3, -0.25) is 0 Å². The number of hydrogen-bond donors (Lipinski definition) is 0. The minimum atomic E-state index is 0.823. The van der Waals surface area contributed by atoms with Crippen LogP contribution in [0.5, 0.6) is 5.75 Å². The predicted molar refractivity (Wildman–Crippen MR) is 134 cm³/mol. The van der Waals surface area contributed by atoms with Crippen molar-refractivity contribution in [2.45, 2.75) is 20.4 Å². The molecule has 1 aliphatic heterocycles. The Bertz CT molecular complexity index is 1580. The monoisotopic (exact) mass is 433 g/mol. The first-order valence-electron chi connectivity index (χ1n) is 11.5. The molecule has 0 aliphatic carbocycles. The average molecular weight is 434 g/mol. The van der Waals surface area contributed by atoms with Gasteiger partial charge < -0.3 is 14.1 Å². The Balaban J connectivity index is 1.36. The van der Waals surface area contributed by atoms with Crippen LogP contribution in [0.1, 0.15) is 19.7 Å². The largest absolute Gasteiger partial charge is 0.439 e. The topological polar surface area (TPSA) is 29.5 Å². The summed E-state index contributed by atoms with van der Waals surface area (Å²) in [6.07, 6.45) is 6.03. The molecule has 0 fully saturated rings. The molecule has 2 heterocycles. The van der Waals surface area contributed by atoms with E-state index in [1.165, 1.54) is 21.5 Å². The molecule has 0 bridgehead atoms. The molecule has 6 rings (SSSR count). The summed E-state index contributed by atoms with van der Waals surface area (Å²) >= 11 is 0. The molecule has 0 N–H and O–H groups in total. The third-order valence-electron chi connectivity index (χ3n) is 6.31. The first-order chi connectivity index (χ1) is 16.2. The van der Waals surface area contributed by atoms with Crippen molar-refractivity contribution < 1.29 is 13.7 Å². The van der Waals surface area contributed by atoms with Crippen LogP contribution >= 0.6 is 0 Å². The lowest BCUT2D eigenvalue weighted by atomic mass is 10.1. The summed E-state index contributed by atoms with van der Waals surface area (Å²) in [5.74, 6) is 2.54.